The number of hydrogen-bond donors (Lipinski definition) is 0. The van der Waals surface area contributed by atoms with E-state index in [-0.39, 0.29) is 27.6 Å². The highest BCUT2D eigenvalue weighted by molar-refractivity contribution is 7.25. The van der Waals surface area contributed by atoms with Gasteiger partial charge in [0, 0.05) is 42.9 Å². The Morgan fingerprint density at radius 2 is 0.922 bits per heavy atom. The van der Waals surface area contributed by atoms with Crippen LogP contribution in [0.2, 0.25) is 0 Å². The highest BCUT2D eigenvalue weighted by atomic mass is 32.1. The molecule has 64 heavy (non-hydrogen) atoms. The molecule has 0 saturated carbocycles. The quantitative estimate of drug-likeness (QED) is 0.161. The lowest BCUT2D eigenvalue weighted by Gasteiger charge is -2.34. The van der Waals surface area contributed by atoms with Gasteiger partial charge in [0.2, 0.25) is 0 Å². The molecule has 0 aliphatic heterocycles. The van der Waals surface area contributed by atoms with Crippen LogP contribution in [0.1, 0.15) is 134 Å². The van der Waals surface area contributed by atoms with Crippen molar-refractivity contribution in [3.8, 4) is 22.3 Å². The molecule has 0 saturated heterocycles. The van der Waals surface area contributed by atoms with Gasteiger partial charge in [0.05, 0.1) is 11.4 Å². The smallest absolute Gasteiger partial charge is 0.0540 e. The Hall–Kier alpha value is -5.70. The van der Waals surface area contributed by atoms with Crippen molar-refractivity contribution >= 4 is 54.6 Å². The van der Waals surface area contributed by atoms with Gasteiger partial charge in [-0.05, 0) is 115 Å². The van der Waals surface area contributed by atoms with Crippen molar-refractivity contribution in [3.05, 3.63) is 191 Å². The van der Waals surface area contributed by atoms with Crippen molar-refractivity contribution in [2.24, 2.45) is 0 Å². The molecule has 1 aliphatic carbocycles. The van der Waals surface area contributed by atoms with Gasteiger partial charge in [0.1, 0.15) is 0 Å². The fourth-order valence-electron chi connectivity index (χ4n) is 9.63. The van der Waals surface area contributed by atoms with E-state index in [1.807, 2.05) is 11.3 Å². The number of para-hydroxylation sites is 2. The molecular weight excluding hydrogens is 791 g/mol. The van der Waals surface area contributed by atoms with Gasteiger partial charge in [-0.25, -0.2) is 0 Å². The minimum absolute atomic E-state index is 0.0243. The molecule has 1 aliphatic rings. The lowest BCUT2D eigenvalue weighted by atomic mass is 9.74. The number of fused-ring (bicyclic) bond motifs is 4. The predicted octanol–water partition coefficient (Wildman–Crippen LogP) is 18.6. The first-order chi connectivity index (χ1) is 30.3. The molecule has 324 valence electrons. The minimum atomic E-state index is -0.0620. The van der Waals surface area contributed by atoms with Crippen LogP contribution >= 0.6 is 11.3 Å². The van der Waals surface area contributed by atoms with E-state index in [1.165, 1.54) is 92.7 Å². The van der Waals surface area contributed by atoms with Crippen LogP contribution in [0.3, 0.4) is 0 Å². The molecule has 0 spiro atoms. The van der Waals surface area contributed by atoms with Crippen LogP contribution in [0.4, 0.5) is 17.1 Å². The lowest BCUT2D eigenvalue weighted by molar-refractivity contribution is 0.565. The second kappa shape index (κ2) is 16.1. The Balaban J connectivity index is 1.34. The van der Waals surface area contributed by atoms with Crippen molar-refractivity contribution in [1.29, 1.82) is 0 Å². The molecule has 0 N–H and O–H groups in total. The second-order valence-electron chi connectivity index (χ2n) is 22.3. The first-order valence-corrected chi connectivity index (χ1v) is 24.1. The molecule has 7 aromatic carbocycles. The maximum Gasteiger partial charge on any atom is 0.0540 e. The van der Waals surface area contributed by atoms with E-state index in [9.17, 15) is 0 Å². The normalized spacial score (nSPS) is 14.6. The number of hydrogen-bond acceptors (Lipinski definition) is 2. The van der Waals surface area contributed by atoms with Gasteiger partial charge in [-0.2, -0.15) is 0 Å². The van der Waals surface area contributed by atoms with Gasteiger partial charge >= 0.3 is 0 Å². The molecule has 1 heterocycles. The Morgan fingerprint density at radius 1 is 0.453 bits per heavy atom. The number of thiophene rings is 1. The van der Waals surface area contributed by atoms with Crippen LogP contribution in [0.15, 0.2) is 152 Å². The van der Waals surface area contributed by atoms with E-state index >= 15 is 0 Å². The van der Waals surface area contributed by atoms with Crippen molar-refractivity contribution in [1.82, 2.24) is 0 Å². The van der Waals surface area contributed by atoms with Crippen LogP contribution in [-0.2, 0) is 21.7 Å². The summed E-state index contributed by atoms with van der Waals surface area (Å²) in [7, 11) is 0. The highest BCUT2D eigenvalue weighted by Crippen LogP contribution is 2.51. The largest absolute Gasteiger partial charge is 0.309 e. The number of nitrogens with zero attached hydrogens (tertiary/aromatic N) is 1. The van der Waals surface area contributed by atoms with Crippen molar-refractivity contribution in [2.45, 2.75) is 117 Å². The highest BCUT2D eigenvalue weighted by Gasteiger charge is 2.31. The molecule has 0 amide bonds. The summed E-state index contributed by atoms with van der Waals surface area (Å²) in [5.41, 5.74) is 18.0. The molecule has 1 unspecified atom stereocenters. The van der Waals surface area contributed by atoms with Crippen molar-refractivity contribution in [3.63, 3.8) is 0 Å². The van der Waals surface area contributed by atoms with Gasteiger partial charge in [-0.3, -0.25) is 0 Å². The fraction of sp³-hybridized carbons (Fsp3) is 0.290. The topological polar surface area (TPSA) is 3.24 Å². The number of allylic oxidation sites excluding steroid dienone is 1. The van der Waals surface area contributed by atoms with Crippen molar-refractivity contribution in [2.75, 3.05) is 4.90 Å². The number of rotatable bonds is 6. The number of anilines is 3. The first kappa shape index (κ1) is 43.5. The zero-order valence-corrected chi connectivity index (χ0v) is 41.0. The van der Waals surface area contributed by atoms with Crippen LogP contribution < -0.4 is 4.90 Å². The van der Waals surface area contributed by atoms with Crippen LogP contribution in [-0.4, -0.2) is 0 Å². The standard InChI is InChI=1S/C62H65NS/c1-59(2,3)42-34-41(35-43(36-42)60(4,5)6)47-27-19-22-40-23-20-28-50(57(40)47)48-24-13-16-30-53(48)63(46-38-44(61(7,8)9)37-45(39-46)62(10,11)12)54-31-17-14-25-49(54)51-29-21-33-56-58(51)52-26-15-18-32-55(52)64-56/h13-26,28-39,47H,27H2,1-12H3. The fourth-order valence-corrected chi connectivity index (χ4v) is 10.8. The third-order valence-corrected chi connectivity index (χ3v) is 14.6. The third kappa shape index (κ3) is 8.16. The van der Waals surface area contributed by atoms with Gasteiger partial charge in [0.15, 0.2) is 0 Å². The molecule has 1 atom stereocenters. The summed E-state index contributed by atoms with van der Waals surface area (Å²) in [5, 5.41) is 2.63. The van der Waals surface area contributed by atoms with Crippen molar-refractivity contribution < 1.29 is 0 Å². The summed E-state index contributed by atoms with van der Waals surface area (Å²) in [5.74, 6) is 0.203. The zero-order valence-electron chi connectivity index (χ0n) is 40.2. The van der Waals surface area contributed by atoms with Crippen LogP contribution in [0, 0.1) is 0 Å². The second-order valence-corrected chi connectivity index (χ2v) is 23.3. The van der Waals surface area contributed by atoms with E-state index in [0.717, 1.165) is 12.1 Å². The zero-order chi connectivity index (χ0) is 45.3. The monoisotopic (exact) mass is 855 g/mol. The van der Waals surface area contributed by atoms with E-state index in [4.69, 9.17) is 0 Å². The molecule has 1 aromatic heterocycles. The van der Waals surface area contributed by atoms with Gasteiger partial charge < -0.3 is 4.90 Å². The molecular formula is C62H65NS. The van der Waals surface area contributed by atoms with Crippen LogP contribution in [0.5, 0.6) is 0 Å². The third-order valence-electron chi connectivity index (χ3n) is 13.4. The maximum absolute atomic E-state index is 2.59. The maximum atomic E-state index is 2.59. The molecule has 9 rings (SSSR count). The Morgan fingerprint density at radius 3 is 1.52 bits per heavy atom. The molecule has 0 fully saturated rings. The van der Waals surface area contributed by atoms with E-state index in [2.05, 4.69) is 246 Å². The Bertz CT molecular complexity index is 3010. The summed E-state index contributed by atoms with van der Waals surface area (Å²) >= 11 is 1.88. The predicted molar refractivity (Wildman–Crippen MR) is 282 cm³/mol. The molecule has 0 radical (unpaired) electrons. The summed E-state index contributed by atoms with van der Waals surface area (Å²) in [6.07, 6.45) is 5.71. The molecule has 1 nitrogen and oxygen atoms in total. The average Bonchev–Trinajstić information content (AvgIpc) is 3.64. The lowest BCUT2D eigenvalue weighted by Crippen LogP contribution is -2.20. The van der Waals surface area contributed by atoms with E-state index in [1.54, 1.807) is 0 Å². The van der Waals surface area contributed by atoms with E-state index in [0.29, 0.717) is 0 Å². The summed E-state index contributed by atoms with van der Waals surface area (Å²) in [6.45, 7) is 28.2. The summed E-state index contributed by atoms with van der Waals surface area (Å²) < 4.78 is 2.63. The Labute approximate surface area is 387 Å². The summed E-state index contributed by atoms with van der Waals surface area (Å²) in [6, 6.07) is 55.9. The van der Waals surface area contributed by atoms with Crippen LogP contribution in [0.25, 0.3) is 48.5 Å². The SMILES string of the molecule is CC(C)(C)c1cc(C2CC=Cc3cccc(-c4ccccc4N(c4cc(C(C)(C)C)cc(C(C)(C)C)c4)c4ccccc4-c4cccc5sc6ccccc6c45)c32)cc(C(C)(C)C)c1. The Kier molecular flexibility index (Phi) is 10.9. The average molecular weight is 856 g/mol. The van der Waals surface area contributed by atoms with Gasteiger partial charge in [-0.1, -0.05) is 204 Å². The molecule has 0 bridgehead atoms. The van der Waals surface area contributed by atoms with Gasteiger partial charge in [0.25, 0.3) is 0 Å². The van der Waals surface area contributed by atoms with E-state index < -0.39 is 0 Å². The summed E-state index contributed by atoms with van der Waals surface area (Å²) in [4.78, 5) is 2.59. The first-order valence-electron chi connectivity index (χ1n) is 23.3. The molecule has 2 heteroatoms. The molecule has 8 aromatic rings. The minimum Gasteiger partial charge on any atom is -0.309 e. The number of benzene rings is 7. The van der Waals surface area contributed by atoms with Gasteiger partial charge in [-0.15, -0.1) is 11.3 Å².